The number of hydrogen-bond donors (Lipinski definition) is 1. The van der Waals surface area contributed by atoms with Gasteiger partial charge in [0.25, 0.3) is 0 Å². The van der Waals surface area contributed by atoms with Gasteiger partial charge in [-0.2, -0.15) is 0 Å². The van der Waals surface area contributed by atoms with Gasteiger partial charge in [-0.25, -0.2) is 9.59 Å². The van der Waals surface area contributed by atoms with Crippen LogP contribution >= 0.6 is 11.6 Å². The molecule has 1 N–H and O–H groups in total. The molecule has 0 aromatic heterocycles. The van der Waals surface area contributed by atoms with E-state index in [2.05, 4.69) is 49.1 Å². The Morgan fingerprint density at radius 3 is 2.44 bits per heavy atom. The fourth-order valence-electron chi connectivity index (χ4n) is 5.75. The molecule has 0 aliphatic carbocycles. The van der Waals surface area contributed by atoms with Crippen LogP contribution in [0.2, 0.25) is 5.02 Å². The predicted molar refractivity (Wildman–Crippen MR) is 182 cm³/mol. The molecule has 0 radical (unpaired) electrons. The van der Waals surface area contributed by atoms with E-state index in [0.717, 1.165) is 73.5 Å². The summed E-state index contributed by atoms with van der Waals surface area (Å²) >= 11 is 6.19. The zero-order valence-corrected chi connectivity index (χ0v) is 28.4. The molecule has 1 unspecified atom stereocenters. The molecule has 1 atom stereocenters. The highest BCUT2D eigenvalue weighted by molar-refractivity contribution is 6.33. The number of anilines is 1. The first-order valence-corrected chi connectivity index (χ1v) is 16.6. The third-order valence-electron chi connectivity index (χ3n) is 7.88. The average Bonchev–Trinajstić information content (AvgIpc) is 3.23. The molecule has 8 nitrogen and oxygen atoms in total. The van der Waals surface area contributed by atoms with Gasteiger partial charge in [-0.3, -0.25) is 9.80 Å². The van der Waals surface area contributed by atoms with E-state index in [1.807, 2.05) is 27.7 Å². The number of hydrogen-bond acceptors (Lipinski definition) is 6. The number of likely N-dealkylation sites (tertiary alicyclic amines) is 1. The standard InChI is InChI=1S/C34H43ClN2O6.C2H6/c1-5-9-11-25(7-3)31-29(41-8-4)19-24(20-30(31)42-18-6-2)22-36-16-10-14-34(15-17-36)23-37(33(40)43-34)26-12-13-27(32(38)39)28(35)21-26;1-2/h7,9,11-13,19-21H,5-6,8,10,14-18,22-23H2,1-4H3,(H,38,39);1-2H3/b11-9-,25-7+;. The molecule has 2 heterocycles. The summed E-state index contributed by atoms with van der Waals surface area (Å²) in [4.78, 5) is 28.3. The van der Waals surface area contributed by atoms with Crippen LogP contribution in [-0.2, 0) is 11.3 Å². The molecule has 2 aromatic carbocycles. The van der Waals surface area contributed by atoms with Gasteiger partial charge < -0.3 is 19.3 Å². The fourth-order valence-corrected chi connectivity index (χ4v) is 6.01. The lowest BCUT2D eigenvalue weighted by molar-refractivity contribution is 0.0442. The van der Waals surface area contributed by atoms with Crippen LogP contribution < -0.4 is 14.4 Å². The minimum atomic E-state index is -1.11. The average molecular weight is 641 g/mol. The number of amides is 1. The van der Waals surface area contributed by atoms with E-state index in [9.17, 15) is 14.7 Å². The number of carbonyl (C=O) groups is 2. The number of nitrogens with zero attached hydrogens (tertiary/aromatic N) is 2. The number of carbonyl (C=O) groups excluding carboxylic acids is 1. The molecule has 2 aliphatic heterocycles. The zero-order valence-electron chi connectivity index (χ0n) is 27.7. The number of aromatic carboxylic acids is 1. The first-order chi connectivity index (χ1) is 21.7. The van der Waals surface area contributed by atoms with Crippen molar-refractivity contribution in [3.05, 3.63) is 70.3 Å². The molecule has 1 amide bonds. The van der Waals surface area contributed by atoms with E-state index in [-0.39, 0.29) is 10.6 Å². The van der Waals surface area contributed by atoms with Gasteiger partial charge in [0, 0.05) is 25.2 Å². The highest BCUT2D eigenvalue weighted by Gasteiger charge is 2.46. The Kier molecular flexibility index (Phi) is 13.8. The van der Waals surface area contributed by atoms with E-state index in [4.69, 9.17) is 25.8 Å². The van der Waals surface area contributed by atoms with Crippen LogP contribution in [0.3, 0.4) is 0 Å². The SMILES string of the molecule is C/C=C(\C=C/CC)c1c(OCC)cc(CN2CCCC3(CC2)CN(c2ccc(C(=O)O)c(Cl)c2)C(=O)O3)cc1OCCC.CC. The van der Waals surface area contributed by atoms with Gasteiger partial charge >= 0.3 is 12.1 Å². The molecule has 2 saturated heterocycles. The van der Waals surface area contributed by atoms with E-state index in [1.54, 1.807) is 11.0 Å². The van der Waals surface area contributed by atoms with Crippen molar-refractivity contribution in [1.82, 2.24) is 4.90 Å². The molecule has 2 aliphatic rings. The first kappa shape index (κ1) is 36.0. The van der Waals surface area contributed by atoms with Gasteiger partial charge in [0.15, 0.2) is 0 Å². The van der Waals surface area contributed by atoms with Crippen LogP contribution in [0.25, 0.3) is 5.57 Å². The Balaban J connectivity index is 0.00000271. The third kappa shape index (κ3) is 9.04. The van der Waals surface area contributed by atoms with Crippen molar-refractivity contribution in [1.29, 1.82) is 0 Å². The summed E-state index contributed by atoms with van der Waals surface area (Å²) < 4.78 is 18.5. The molecular weight excluding hydrogens is 592 g/mol. The number of halogens is 1. The molecule has 9 heteroatoms. The molecule has 246 valence electrons. The second kappa shape index (κ2) is 17.3. The second-order valence-corrected chi connectivity index (χ2v) is 11.4. The van der Waals surface area contributed by atoms with Crippen molar-refractivity contribution in [2.45, 2.75) is 85.8 Å². The van der Waals surface area contributed by atoms with Crippen molar-refractivity contribution < 1.29 is 28.9 Å². The van der Waals surface area contributed by atoms with Gasteiger partial charge in [-0.05, 0) is 87.5 Å². The third-order valence-corrected chi connectivity index (χ3v) is 8.19. The van der Waals surface area contributed by atoms with E-state index in [0.29, 0.717) is 31.9 Å². The summed E-state index contributed by atoms with van der Waals surface area (Å²) in [6, 6.07) is 8.81. The summed E-state index contributed by atoms with van der Waals surface area (Å²) in [7, 11) is 0. The number of carboxylic acids is 1. The lowest BCUT2D eigenvalue weighted by atomic mass is 9.94. The van der Waals surface area contributed by atoms with Gasteiger partial charge in [-0.15, -0.1) is 0 Å². The fraction of sp³-hybridized carbons (Fsp3) is 0.500. The molecule has 1 spiro atoms. The predicted octanol–water partition coefficient (Wildman–Crippen LogP) is 9.00. The quantitative estimate of drug-likeness (QED) is 0.232. The van der Waals surface area contributed by atoms with Crippen LogP contribution in [0, 0.1) is 0 Å². The monoisotopic (exact) mass is 640 g/mol. The molecular formula is C36H49ClN2O6. The van der Waals surface area contributed by atoms with Crippen molar-refractivity contribution in [2.24, 2.45) is 0 Å². The van der Waals surface area contributed by atoms with Gasteiger partial charge in [0.1, 0.15) is 17.1 Å². The highest BCUT2D eigenvalue weighted by Crippen LogP contribution is 2.40. The van der Waals surface area contributed by atoms with Crippen molar-refractivity contribution in [3.8, 4) is 11.5 Å². The first-order valence-electron chi connectivity index (χ1n) is 16.3. The Hall–Kier alpha value is -3.49. The lowest BCUT2D eigenvalue weighted by Gasteiger charge is -2.26. The summed E-state index contributed by atoms with van der Waals surface area (Å²) in [6.07, 6.45) is 10.1. The van der Waals surface area contributed by atoms with Gasteiger partial charge in [0.2, 0.25) is 0 Å². The maximum atomic E-state index is 13.0. The molecule has 4 rings (SSSR count). The summed E-state index contributed by atoms with van der Waals surface area (Å²) in [5, 5.41) is 9.39. The number of benzene rings is 2. The molecule has 45 heavy (non-hydrogen) atoms. The van der Waals surface area contributed by atoms with Crippen LogP contribution in [0.5, 0.6) is 11.5 Å². The van der Waals surface area contributed by atoms with Crippen LogP contribution in [-0.4, -0.2) is 60.5 Å². The van der Waals surface area contributed by atoms with Crippen molar-refractivity contribution >= 4 is 34.9 Å². The highest BCUT2D eigenvalue weighted by atomic mass is 35.5. The Morgan fingerprint density at radius 1 is 1.09 bits per heavy atom. The van der Waals surface area contributed by atoms with Crippen molar-refractivity contribution in [3.63, 3.8) is 0 Å². The Labute approximate surface area is 273 Å². The number of ether oxygens (including phenoxy) is 3. The van der Waals surface area contributed by atoms with Gasteiger partial charge in [0.05, 0.1) is 35.9 Å². The summed E-state index contributed by atoms with van der Waals surface area (Å²) in [6.45, 7) is 16.2. The van der Waals surface area contributed by atoms with Gasteiger partial charge in [-0.1, -0.05) is 57.5 Å². The number of carboxylic acid groups (broad SMARTS) is 1. The van der Waals surface area contributed by atoms with Crippen LogP contribution in [0.1, 0.15) is 95.1 Å². The molecule has 0 saturated carbocycles. The van der Waals surface area contributed by atoms with E-state index < -0.39 is 17.7 Å². The van der Waals surface area contributed by atoms with Crippen LogP contribution in [0.4, 0.5) is 10.5 Å². The van der Waals surface area contributed by atoms with E-state index >= 15 is 0 Å². The molecule has 2 fully saturated rings. The Morgan fingerprint density at radius 2 is 1.82 bits per heavy atom. The topological polar surface area (TPSA) is 88.5 Å². The Bertz CT molecular complexity index is 1370. The molecule has 2 aromatic rings. The minimum Gasteiger partial charge on any atom is -0.493 e. The molecule has 0 bridgehead atoms. The lowest BCUT2D eigenvalue weighted by Crippen LogP contribution is -2.36. The zero-order chi connectivity index (χ0) is 33.0. The van der Waals surface area contributed by atoms with E-state index in [1.165, 1.54) is 12.1 Å². The number of rotatable bonds is 12. The summed E-state index contributed by atoms with van der Waals surface area (Å²) in [5.74, 6) is 0.540. The maximum Gasteiger partial charge on any atom is 0.415 e. The largest absolute Gasteiger partial charge is 0.493 e. The normalized spacial score (nSPS) is 18.9. The maximum absolute atomic E-state index is 13.0. The summed E-state index contributed by atoms with van der Waals surface area (Å²) in [5.41, 5.74) is 3.10. The smallest absolute Gasteiger partial charge is 0.415 e. The number of allylic oxidation sites excluding steroid dienone is 4. The van der Waals surface area contributed by atoms with Crippen LogP contribution in [0.15, 0.2) is 48.6 Å². The minimum absolute atomic E-state index is 0.000875. The second-order valence-electron chi connectivity index (χ2n) is 11.0. The van der Waals surface area contributed by atoms with Crippen molar-refractivity contribution in [2.75, 3.05) is 37.7 Å².